The first-order valence-corrected chi connectivity index (χ1v) is 7.98. The lowest BCUT2D eigenvalue weighted by Crippen LogP contribution is -2.34. The molecule has 4 nitrogen and oxygen atoms in total. The summed E-state index contributed by atoms with van der Waals surface area (Å²) in [6.45, 7) is 13.8. The minimum absolute atomic E-state index is 0.138. The molecule has 4 heteroatoms. The topological polar surface area (TPSA) is 31.6 Å². The third-order valence-corrected chi connectivity index (χ3v) is 3.44. The fraction of sp³-hybridized carbons (Fsp3) is 0.765. The van der Waals surface area contributed by atoms with Gasteiger partial charge in [0.05, 0.1) is 12.8 Å². The predicted octanol–water partition coefficient (Wildman–Crippen LogP) is 2.94. The van der Waals surface area contributed by atoms with Crippen LogP contribution in [0.2, 0.25) is 0 Å². The molecule has 0 fully saturated rings. The molecular formula is C17H33N3O. The summed E-state index contributed by atoms with van der Waals surface area (Å²) >= 11 is 0. The van der Waals surface area contributed by atoms with Gasteiger partial charge in [-0.15, -0.1) is 0 Å². The van der Waals surface area contributed by atoms with Gasteiger partial charge in [-0.3, -0.25) is 4.90 Å². The third-order valence-electron chi connectivity index (χ3n) is 3.44. The maximum Gasteiger partial charge on any atom is 0.118 e. The van der Waals surface area contributed by atoms with Gasteiger partial charge in [-0.05, 0) is 67.0 Å². The molecular weight excluding hydrogens is 262 g/mol. The van der Waals surface area contributed by atoms with Gasteiger partial charge in [0.1, 0.15) is 5.76 Å². The summed E-state index contributed by atoms with van der Waals surface area (Å²) in [5, 5.41) is 3.49. The van der Waals surface area contributed by atoms with Crippen LogP contribution in [0.3, 0.4) is 0 Å². The Morgan fingerprint density at radius 2 is 1.90 bits per heavy atom. The molecule has 0 aliphatic rings. The van der Waals surface area contributed by atoms with E-state index in [0.717, 1.165) is 38.5 Å². The zero-order valence-electron chi connectivity index (χ0n) is 14.7. The molecule has 1 aromatic heterocycles. The second kappa shape index (κ2) is 8.57. The molecule has 0 aliphatic heterocycles. The quantitative estimate of drug-likeness (QED) is 0.759. The smallest absolute Gasteiger partial charge is 0.118 e. The van der Waals surface area contributed by atoms with Crippen LogP contribution in [0.15, 0.2) is 16.7 Å². The highest BCUT2D eigenvalue weighted by atomic mass is 16.3. The van der Waals surface area contributed by atoms with E-state index in [0.29, 0.717) is 0 Å². The van der Waals surface area contributed by atoms with Crippen LogP contribution in [0.4, 0.5) is 0 Å². The van der Waals surface area contributed by atoms with Crippen molar-refractivity contribution in [2.75, 3.05) is 33.7 Å². The maximum absolute atomic E-state index is 5.70. The van der Waals surface area contributed by atoms with Crippen LogP contribution in [0.5, 0.6) is 0 Å². The predicted molar refractivity (Wildman–Crippen MR) is 89.4 cm³/mol. The second-order valence-electron chi connectivity index (χ2n) is 7.05. The number of rotatable bonds is 9. The largest absolute Gasteiger partial charge is 0.468 e. The Morgan fingerprint density at radius 3 is 2.48 bits per heavy atom. The average Bonchev–Trinajstić information content (AvgIpc) is 2.81. The van der Waals surface area contributed by atoms with E-state index in [4.69, 9.17) is 4.42 Å². The van der Waals surface area contributed by atoms with Gasteiger partial charge in [-0.1, -0.05) is 6.92 Å². The normalized spacial score (nSPS) is 12.6. The van der Waals surface area contributed by atoms with Crippen LogP contribution in [0, 0.1) is 0 Å². The molecule has 1 rings (SSSR count). The van der Waals surface area contributed by atoms with Gasteiger partial charge in [0.2, 0.25) is 0 Å². The van der Waals surface area contributed by atoms with Gasteiger partial charge in [-0.25, -0.2) is 0 Å². The number of hydrogen-bond acceptors (Lipinski definition) is 4. The Kier molecular flexibility index (Phi) is 7.43. The molecule has 0 spiro atoms. The monoisotopic (exact) mass is 295 g/mol. The summed E-state index contributed by atoms with van der Waals surface area (Å²) in [4.78, 5) is 4.67. The van der Waals surface area contributed by atoms with Crippen LogP contribution in [-0.2, 0) is 13.1 Å². The second-order valence-corrected chi connectivity index (χ2v) is 7.05. The van der Waals surface area contributed by atoms with Crippen LogP contribution in [0.1, 0.15) is 45.4 Å². The van der Waals surface area contributed by atoms with Crippen molar-refractivity contribution in [3.8, 4) is 0 Å². The highest BCUT2D eigenvalue weighted by Crippen LogP contribution is 2.12. The molecule has 0 aromatic carbocycles. The summed E-state index contributed by atoms with van der Waals surface area (Å²) in [7, 11) is 4.24. The van der Waals surface area contributed by atoms with Gasteiger partial charge < -0.3 is 14.6 Å². The van der Waals surface area contributed by atoms with E-state index >= 15 is 0 Å². The van der Waals surface area contributed by atoms with Crippen LogP contribution >= 0.6 is 0 Å². The van der Waals surface area contributed by atoms with Crippen molar-refractivity contribution in [3.63, 3.8) is 0 Å². The lowest BCUT2D eigenvalue weighted by molar-refractivity contribution is 0.240. The molecule has 0 saturated heterocycles. The summed E-state index contributed by atoms with van der Waals surface area (Å²) in [6.07, 6.45) is 3.07. The van der Waals surface area contributed by atoms with Crippen LogP contribution < -0.4 is 5.32 Å². The van der Waals surface area contributed by atoms with E-state index in [1.54, 1.807) is 0 Å². The Balaban J connectivity index is 2.40. The first kappa shape index (κ1) is 18.2. The van der Waals surface area contributed by atoms with Gasteiger partial charge in [0, 0.05) is 17.6 Å². The lowest BCUT2D eigenvalue weighted by Gasteiger charge is -2.20. The average molecular weight is 295 g/mol. The van der Waals surface area contributed by atoms with E-state index in [1.165, 1.54) is 12.0 Å². The molecule has 1 aromatic rings. The number of hydrogen-bond donors (Lipinski definition) is 1. The van der Waals surface area contributed by atoms with Gasteiger partial charge in [-0.2, -0.15) is 0 Å². The summed E-state index contributed by atoms with van der Waals surface area (Å²) in [5.41, 5.74) is 1.36. The van der Waals surface area contributed by atoms with Crippen molar-refractivity contribution < 1.29 is 4.42 Å². The molecule has 0 atom stereocenters. The van der Waals surface area contributed by atoms with Crippen molar-refractivity contribution in [2.45, 2.75) is 52.7 Å². The standard InChI is InChI=1S/C17H33N3O/c1-7-20(10-8-9-19(5)6)13-16-11-15(14-21-16)12-18-17(2,3)4/h11,14,18H,7-10,12-13H2,1-6H3. The van der Waals surface area contributed by atoms with Gasteiger partial charge >= 0.3 is 0 Å². The summed E-state index contributed by atoms with van der Waals surface area (Å²) < 4.78 is 5.70. The molecule has 21 heavy (non-hydrogen) atoms. The first-order chi connectivity index (χ1) is 9.80. The minimum Gasteiger partial charge on any atom is -0.468 e. The SMILES string of the molecule is CCN(CCCN(C)C)Cc1cc(CNC(C)(C)C)co1. The molecule has 0 bridgehead atoms. The summed E-state index contributed by atoms with van der Waals surface area (Å²) in [5.74, 6) is 1.06. The van der Waals surface area contributed by atoms with E-state index < -0.39 is 0 Å². The van der Waals surface area contributed by atoms with E-state index in [9.17, 15) is 0 Å². The zero-order valence-corrected chi connectivity index (χ0v) is 14.7. The highest BCUT2D eigenvalue weighted by Gasteiger charge is 2.11. The first-order valence-electron chi connectivity index (χ1n) is 7.98. The van der Waals surface area contributed by atoms with Crippen LogP contribution in [-0.4, -0.2) is 49.1 Å². The number of nitrogens with one attached hydrogen (secondary N) is 1. The fourth-order valence-electron chi connectivity index (χ4n) is 2.15. The van der Waals surface area contributed by atoms with E-state index in [-0.39, 0.29) is 5.54 Å². The number of nitrogens with zero attached hydrogens (tertiary/aromatic N) is 2. The minimum atomic E-state index is 0.138. The molecule has 0 amide bonds. The van der Waals surface area contributed by atoms with Gasteiger partial charge in [0.25, 0.3) is 0 Å². The molecule has 1 N–H and O–H groups in total. The Morgan fingerprint density at radius 1 is 1.19 bits per heavy atom. The Labute approximate surface area is 130 Å². The van der Waals surface area contributed by atoms with Crippen molar-refractivity contribution in [3.05, 3.63) is 23.7 Å². The Hall–Kier alpha value is -0.840. The van der Waals surface area contributed by atoms with Crippen molar-refractivity contribution in [1.29, 1.82) is 0 Å². The molecule has 0 saturated carbocycles. The zero-order chi connectivity index (χ0) is 15.9. The lowest BCUT2D eigenvalue weighted by atomic mass is 10.1. The van der Waals surface area contributed by atoms with Gasteiger partial charge in [0.15, 0.2) is 0 Å². The van der Waals surface area contributed by atoms with E-state index in [2.05, 4.69) is 63.0 Å². The maximum atomic E-state index is 5.70. The molecule has 0 unspecified atom stereocenters. The van der Waals surface area contributed by atoms with Crippen molar-refractivity contribution in [2.24, 2.45) is 0 Å². The fourth-order valence-corrected chi connectivity index (χ4v) is 2.15. The highest BCUT2D eigenvalue weighted by molar-refractivity contribution is 5.13. The third kappa shape index (κ3) is 8.24. The van der Waals surface area contributed by atoms with Crippen LogP contribution in [0.25, 0.3) is 0 Å². The molecule has 122 valence electrons. The Bertz CT molecular complexity index is 393. The molecule has 1 heterocycles. The van der Waals surface area contributed by atoms with E-state index in [1.807, 2.05) is 6.26 Å². The molecule has 0 radical (unpaired) electrons. The van der Waals surface area contributed by atoms with Crippen molar-refractivity contribution in [1.82, 2.24) is 15.1 Å². The molecule has 0 aliphatic carbocycles. The van der Waals surface area contributed by atoms with Crippen molar-refractivity contribution >= 4 is 0 Å². The number of furan rings is 1. The summed E-state index contributed by atoms with van der Waals surface area (Å²) in [6, 6.07) is 2.17.